The fourth-order valence-corrected chi connectivity index (χ4v) is 4.58. The Morgan fingerprint density at radius 3 is 2.35 bits per heavy atom. The molecule has 174 valence electrons. The molecule has 0 atom stereocenters. The van der Waals surface area contributed by atoms with Gasteiger partial charge in [0.2, 0.25) is 11.8 Å². The third kappa shape index (κ3) is 5.21. The molecule has 2 heterocycles. The van der Waals surface area contributed by atoms with Gasteiger partial charge in [-0.15, -0.1) is 0 Å². The number of hydrogen-bond acceptors (Lipinski definition) is 7. The van der Waals surface area contributed by atoms with Gasteiger partial charge in [0.15, 0.2) is 0 Å². The van der Waals surface area contributed by atoms with Crippen molar-refractivity contribution in [1.82, 2.24) is 19.5 Å². The zero-order valence-corrected chi connectivity index (χ0v) is 19.5. The third-order valence-corrected chi connectivity index (χ3v) is 6.36. The van der Waals surface area contributed by atoms with Crippen molar-refractivity contribution in [1.29, 1.82) is 0 Å². The maximum absolute atomic E-state index is 12.9. The Balaban J connectivity index is 1.47. The maximum Gasteiger partial charge on any atom is 0.262 e. The number of nitrogens with zero attached hydrogens (tertiary/aromatic N) is 4. The number of carbonyl (C=O) groups excluding carboxylic acids is 1. The van der Waals surface area contributed by atoms with Crippen molar-refractivity contribution in [3.63, 3.8) is 0 Å². The lowest BCUT2D eigenvalue weighted by atomic mass is 10.2. The van der Waals surface area contributed by atoms with Crippen LogP contribution in [0.3, 0.4) is 0 Å². The molecule has 34 heavy (non-hydrogen) atoms. The first-order valence-electron chi connectivity index (χ1n) is 10.2. The summed E-state index contributed by atoms with van der Waals surface area (Å²) in [4.78, 5) is 23.9. The summed E-state index contributed by atoms with van der Waals surface area (Å²) in [6, 6.07) is 12.7. The molecule has 0 aliphatic rings. The quantitative estimate of drug-likeness (QED) is 0.413. The zero-order valence-electron chi connectivity index (χ0n) is 18.7. The second-order valence-corrected chi connectivity index (χ2v) is 9.10. The standard InChI is InChI=1S/C23H22N6O4S/c1-15-12-19(27-17(3)30)6-9-21(15)34(31,32)28-18-4-7-20(8-5-18)33-23-13-22(25-14-26-23)29-11-10-24-16(29)2/h4-14,28H,1-3H3,(H,27,30). The molecule has 4 aromatic rings. The number of sulfonamides is 1. The van der Waals surface area contributed by atoms with Gasteiger partial charge in [0.25, 0.3) is 10.0 Å². The largest absolute Gasteiger partial charge is 0.439 e. The fourth-order valence-electron chi connectivity index (χ4n) is 3.29. The van der Waals surface area contributed by atoms with Crippen LogP contribution in [0.4, 0.5) is 11.4 Å². The monoisotopic (exact) mass is 478 g/mol. The number of carbonyl (C=O) groups is 1. The topological polar surface area (TPSA) is 128 Å². The minimum Gasteiger partial charge on any atom is -0.439 e. The number of amides is 1. The van der Waals surface area contributed by atoms with Crippen molar-refractivity contribution in [3.8, 4) is 17.4 Å². The van der Waals surface area contributed by atoms with Gasteiger partial charge in [-0.1, -0.05) is 0 Å². The molecule has 0 aliphatic heterocycles. The Labute approximate surface area is 196 Å². The van der Waals surface area contributed by atoms with Crippen molar-refractivity contribution in [3.05, 3.63) is 78.6 Å². The van der Waals surface area contributed by atoms with E-state index in [1.165, 1.54) is 19.3 Å². The smallest absolute Gasteiger partial charge is 0.262 e. The van der Waals surface area contributed by atoms with Crippen LogP contribution in [0.5, 0.6) is 11.6 Å². The molecule has 0 fully saturated rings. The third-order valence-electron chi connectivity index (χ3n) is 4.81. The van der Waals surface area contributed by atoms with Crippen LogP contribution < -0.4 is 14.8 Å². The lowest BCUT2D eigenvalue weighted by Crippen LogP contribution is -2.14. The predicted octanol–water partition coefficient (Wildman–Crippen LogP) is 3.83. The molecular weight excluding hydrogens is 456 g/mol. The first kappa shape index (κ1) is 22.9. The highest BCUT2D eigenvalue weighted by Crippen LogP contribution is 2.26. The van der Waals surface area contributed by atoms with Crippen molar-refractivity contribution < 1.29 is 17.9 Å². The number of anilines is 2. The molecule has 4 rings (SSSR count). The van der Waals surface area contributed by atoms with Crippen molar-refractivity contribution in [2.75, 3.05) is 10.0 Å². The molecule has 2 N–H and O–H groups in total. The highest BCUT2D eigenvalue weighted by molar-refractivity contribution is 7.92. The number of ether oxygens (including phenoxy) is 1. The average molecular weight is 479 g/mol. The molecule has 1 amide bonds. The summed E-state index contributed by atoms with van der Waals surface area (Å²) in [5.74, 6) is 1.98. The van der Waals surface area contributed by atoms with Gasteiger partial charge < -0.3 is 10.1 Å². The minimum absolute atomic E-state index is 0.116. The second kappa shape index (κ2) is 9.32. The molecule has 0 saturated heterocycles. The molecule has 0 spiro atoms. The lowest BCUT2D eigenvalue weighted by Gasteiger charge is -2.12. The summed E-state index contributed by atoms with van der Waals surface area (Å²) in [5, 5.41) is 2.63. The van der Waals surface area contributed by atoms with Gasteiger partial charge in [0.1, 0.15) is 23.7 Å². The van der Waals surface area contributed by atoms with Gasteiger partial charge in [-0.25, -0.2) is 23.4 Å². The SMILES string of the molecule is CC(=O)Nc1ccc(S(=O)(=O)Nc2ccc(Oc3cc(-n4ccnc4C)ncn3)cc2)c(C)c1. The van der Waals surface area contributed by atoms with E-state index in [4.69, 9.17) is 4.74 Å². The van der Waals surface area contributed by atoms with Gasteiger partial charge >= 0.3 is 0 Å². The van der Waals surface area contributed by atoms with Crippen LogP contribution in [-0.4, -0.2) is 33.8 Å². The summed E-state index contributed by atoms with van der Waals surface area (Å²) in [7, 11) is -3.83. The minimum atomic E-state index is -3.83. The van der Waals surface area contributed by atoms with E-state index >= 15 is 0 Å². The molecule has 2 aromatic heterocycles. The van der Waals surface area contributed by atoms with Gasteiger partial charge in [-0.2, -0.15) is 0 Å². The Kier molecular flexibility index (Phi) is 6.28. The van der Waals surface area contributed by atoms with Crippen molar-refractivity contribution in [2.45, 2.75) is 25.7 Å². The summed E-state index contributed by atoms with van der Waals surface area (Å²) < 4.78 is 35.9. The van der Waals surface area contributed by atoms with Crippen molar-refractivity contribution >= 4 is 27.3 Å². The molecule has 0 bridgehead atoms. The van der Waals surface area contributed by atoms with Crippen LogP contribution in [-0.2, 0) is 14.8 Å². The first-order chi connectivity index (χ1) is 16.2. The molecule has 0 saturated carbocycles. The van der Waals surface area contributed by atoms with E-state index in [0.717, 1.165) is 5.82 Å². The van der Waals surface area contributed by atoms with Gasteiger partial charge in [-0.05, 0) is 61.9 Å². The van der Waals surface area contributed by atoms with Crippen molar-refractivity contribution in [2.24, 2.45) is 0 Å². The number of hydrogen-bond donors (Lipinski definition) is 2. The van der Waals surface area contributed by atoms with Crippen LogP contribution in [0.1, 0.15) is 18.3 Å². The number of rotatable bonds is 7. The normalized spacial score (nSPS) is 11.1. The van der Waals surface area contributed by atoms with Crippen LogP contribution in [0, 0.1) is 13.8 Å². The Morgan fingerprint density at radius 1 is 0.971 bits per heavy atom. The molecule has 2 aromatic carbocycles. The van der Waals surface area contributed by atoms with Crippen LogP contribution in [0.25, 0.3) is 5.82 Å². The summed E-state index contributed by atoms with van der Waals surface area (Å²) in [6.45, 7) is 4.92. The van der Waals surface area contributed by atoms with Crippen LogP contribution in [0.15, 0.2) is 72.1 Å². The first-order valence-corrected chi connectivity index (χ1v) is 11.7. The number of aryl methyl sites for hydroxylation is 2. The molecule has 0 unspecified atom stereocenters. The van der Waals surface area contributed by atoms with Crippen LogP contribution >= 0.6 is 0 Å². The second-order valence-electron chi connectivity index (χ2n) is 7.45. The van der Waals surface area contributed by atoms with E-state index in [2.05, 4.69) is 25.0 Å². The van der Waals surface area contributed by atoms with Gasteiger partial charge in [0.05, 0.1) is 4.90 Å². The Hall–Kier alpha value is -4.25. The molecular formula is C23H22N6O4S. The number of benzene rings is 2. The molecule has 0 radical (unpaired) electrons. The van der Waals surface area contributed by atoms with E-state index in [1.54, 1.807) is 66.3 Å². The van der Waals surface area contributed by atoms with E-state index in [-0.39, 0.29) is 10.8 Å². The predicted molar refractivity (Wildman–Crippen MR) is 127 cm³/mol. The van der Waals surface area contributed by atoms with E-state index in [1.807, 2.05) is 6.92 Å². The summed E-state index contributed by atoms with van der Waals surface area (Å²) in [5.41, 5.74) is 1.41. The Morgan fingerprint density at radius 2 is 1.71 bits per heavy atom. The number of imidazole rings is 1. The van der Waals surface area contributed by atoms with Crippen LogP contribution in [0.2, 0.25) is 0 Å². The highest BCUT2D eigenvalue weighted by Gasteiger charge is 2.17. The summed E-state index contributed by atoms with van der Waals surface area (Å²) in [6.07, 6.45) is 4.86. The fraction of sp³-hybridized carbons (Fsp3) is 0.130. The zero-order chi connectivity index (χ0) is 24.3. The number of aromatic nitrogens is 4. The molecule has 10 nitrogen and oxygen atoms in total. The van der Waals surface area contributed by atoms with Gasteiger partial charge in [-0.3, -0.25) is 14.1 Å². The number of nitrogens with one attached hydrogen (secondary N) is 2. The van der Waals surface area contributed by atoms with E-state index in [0.29, 0.717) is 34.4 Å². The lowest BCUT2D eigenvalue weighted by molar-refractivity contribution is -0.114. The Bertz CT molecular complexity index is 1450. The van der Waals surface area contributed by atoms with E-state index < -0.39 is 10.0 Å². The maximum atomic E-state index is 12.9. The van der Waals surface area contributed by atoms with E-state index in [9.17, 15) is 13.2 Å². The molecule has 11 heteroatoms. The van der Waals surface area contributed by atoms with Gasteiger partial charge in [0, 0.05) is 36.8 Å². The highest BCUT2D eigenvalue weighted by atomic mass is 32.2. The average Bonchev–Trinajstić information content (AvgIpc) is 3.20. The molecule has 0 aliphatic carbocycles. The summed E-state index contributed by atoms with van der Waals surface area (Å²) >= 11 is 0.